The van der Waals surface area contributed by atoms with Crippen molar-refractivity contribution in [3.05, 3.63) is 65.3 Å². The number of benzene rings is 2. The van der Waals surface area contributed by atoms with Crippen LogP contribution in [0.5, 0.6) is 0 Å². The summed E-state index contributed by atoms with van der Waals surface area (Å²) in [6.45, 7) is 9.55. The maximum atomic E-state index is 13.8. The molecule has 2 aromatic carbocycles. The van der Waals surface area contributed by atoms with E-state index in [1.54, 1.807) is 39.1 Å². The molecule has 0 atom stereocenters. The second-order valence-corrected chi connectivity index (χ2v) is 16.6. The third-order valence-electron chi connectivity index (χ3n) is 8.61. The number of hydrogen-bond donors (Lipinski definition) is 4. The minimum absolute atomic E-state index is 0.0139. The summed E-state index contributed by atoms with van der Waals surface area (Å²) in [6.07, 6.45) is 7.35. The van der Waals surface area contributed by atoms with Crippen molar-refractivity contribution >= 4 is 39.2 Å². The molecule has 0 radical (unpaired) electrons. The first-order chi connectivity index (χ1) is 21.7. The molecule has 3 fully saturated rings. The van der Waals surface area contributed by atoms with E-state index in [2.05, 4.69) is 20.7 Å². The van der Waals surface area contributed by atoms with Gasteiger partial charge in [0.05, 0.1) is 14.8 Å². The molecule has 3 aromatic rings. The first kappa shape index (κ1) is 33.9. The second-order valence-electron chi connectivity index (χ2n) is 13.9. The quantitative estimate of drug-likeness (QED) is 0.192. The van der Waals surface area contributed by atoms with Crippen molar-refractivity contribution in [1.82, 2.24) is 20.3 Å². The molecule has 1 aromatic heterocycles. The van der Waals surface area contributed by atoms with Crippen LogP contribution in [0.2, 0.25) is 0 Å². The summed E-state index contributed by atoms with van der Waals surface area (Å²) in [7, 11) is -3.97. The minimum Gasteiger partial charge on any atom is -0.443 e. The van der Waals surface area contributed by atoms with Gasteiger partial charge in [0.2, 0.25) is 10.0 Å². The van der Waals surface area contributed by atoms with E-state index < -0.39 is 27.2 Å². The number of carbonyl (C=O) groups is 2. The molecular formula is C34H45N5O5S2. The number of thiazole rings is 1. The van der Waals surface area contributed by atoms with Crippen molar-refractivity contribution in [2.24, 2.45) is 0 Å². The predicted molar refractivity (Wildman–Crippen MR) is 181 cm³/mol. The summed E-state index contributed by atoms with van der Waals surface area (Å²) >= 11 is 1.52. The van der Waals surface area contributed by atoms with Gasteiger partial charge in [0.1, 0.15) is 5.60 Å². The van der Waals surface area contributed by atoms with Crippen LogP contribution < -0.4 is 20.7 Å². The number of nitrogens with zero attached hydrogens (tertiary/aromatic N) is 1. The van der Waals surface area contributed by atoms with Gasteiger partial charge in [-0.05, 0) is 97.3 Å². The van der Waals surface area contributed by atoms with E-state index in [1.165, 1.54) is 17.4 Å². The largest absolute Gasteiger partial charge is 0.443 e. The monoisotopic (exact) mass is 667 g/mol. The van der Waals surface area contributed by atoms with Gasteiger partial charge in [0.25, 0.3) is 0 Å². The lowest BCUT2D eigenvalue weighted by atomic mass is 9.70. The highest BCUT2D eigenvalue weighted by Gasteiger charge is 2.50. The molecule has 3 saturated carbocycles. The van der Waals surface area contributed by atoms with E-state index >= 15 is 0 Å². The Bertz CT molecular complexity index is 1660. The maximum Gasteiger partial charge on any atom is 0.407 e. The fourth-order valence-corrected chi connectivity index (χ4v) is 9.41. The van der Waals surface area contributed by atoms with Gasteiger partial charge in [-0.3, -0.25) is 0 Å². The van der Waals surface area contributed by atoms with E-state index in [1.807, 2.05) is 44.2 Å². The molecule has 248 valence electrons. The second kappa shape index (κ2) is 13.3. The third-order valence-corrected chi connectivity index (χ3v) is 11.7. The van der Waals surface area contributed by atoms with Crippen LogP contribution in [-0.2, 0) is 26.7 Å². The van der Waals surface area contributed by atoms with E-state index in [-0.39, 0.29) is 22.4 Å². The average Bonchev–Trinajstić information content (AvgIpc) is 3.32. The number of nitrogens with one attached hydrogen (secondary N) is 4. The molecule has 0 aliphatic heterocycles. The molecule has 6 rings (SSSR count). The van der Waals surface area contributed by atoms with E-state index in [0.29, 0.717) is 17.8 Å². The number of carbonyl (C=O) groups excluding carboxylic acids is 2. The Morgan fingerprint density at radius 1 is 1.00 bits per heavy atom. The van der Waals surface area contributed by atoms with Crippen LogP contribution in [0, 0.1) is 0 Å². The van der Waals surface area contributed by atoms with Gasteiger partial charge in [-0.1, -0.05) is 36.4 Å². The summed E-state index contributed by atoms with van der Waals surface area (Å²) in [5.41, 5.74) is 0.540. The first-order valence-corrected chi connectivity index (χ1v) is 18.2. The van der Waals surface area contributed by atoms with Gasteiger partial charge in [0.15, 0.2) is 0 Å². The fraction of sp³-hybridized carbons (Fsp3) is 0.500. The van der Waals surface area contributed by atoms with Gasteiger partial charge in [-0.2, -0.15) is 0 Å². The van der Waals surface area contributed by atoms with Crippen LogP contribution in [0.1, 0.15) is 90.1 Å². The van der Waals surface area contributed by atoms with Crippen LogP contribution in [0.15, 0.2) is 59.6 Å². The van der Waals surface area contributed by atoms with Crippen molar-refractivity contribution < 1.29 is 22.7 Å². The highest BCUT2D eigenvalue weighted by molar-refractivity contribution is 7.89. The molecule has 46 heavy (non-hydrogen) atoms. The zero-order chi connectivity index (χ0) is 33.2. The highest BCUT2D eigenvalue weighted by atomic mass is 32.2. The minimum atomic E-state index is -3.97. The number of ether oxygens (including phenoxy) is 1. The SMILES string of the molecule is CC(C)NC(=O)OC12CCCC(c3ncc(-c4ccc(NC(=O)NCc5ccccc5)cc4S(=O)(=O)NC(C)(C)C)s3)(CC1)CC2. The molecule has 3 aliphatic rings. The molecule has 3 amide bonds. The zero-order valence-corrected chi connectivity index (χ0v) is 28.9. The third kappa shape index (κ3) is 8.08. The van der Waals surface area contributed by atoms with Crippen molar-refractivity contribution in [2.75, 3.05) is 5.32 Å². The lowest BCUT2D eigenvalue weighted by Crippen LogP contribution is -2.44. The Balaban J connectivity index is 1.38. The molecule has 1 heterocycles. The normalized spacial score (nSPS) is 21.4. The number of hydrogen-bond acceptors (Lipinski definition) is 7. The van der Waals surface area contributed by atoms with Crippen LogP contribution in [0.4, 0.5) is 15.3 Å². The van der Waals surface area contributed by atoms with Crippen molar-refractivity contribution in [1.29, 1.82) is 0 Å². The summed E-state index contributed by atoms with van der Waals surface area (Å²) in [4.78, 5) is 30.9. The van der Waals surface area contributed by atoms with Crippen LogP contribution >= 0.6 is 11.3 Å². The molecule has 0 unspecified atom stereocenters. The van der Waals surface area contributed by atoms with E-state index in [0.717, 1.165) is 60.4 Å². The number of fused-ring (bicyclic) bond motifs is 4. The van der Waals surface area contributed by atoms with Crippen LogP contribution in [0.3, 0.4) is 0 Å². The molecule has 0 saturated heterocycles. The smallest absolute Gasteiger partial charge is 0.407 e. The molecule has 0 spiro atoms. The molecule has 2 bridgehead atoms. The highest BCUT2D eigenvalue weighted by Crippen LogP contribution is 2.54. The van der Waals surface area contributed by atoms with Gasteiger partial charge < -0.3 is 20.7 Å². The lowest BCUT2D eigenvalue weighted by Gasteiger charge is -2.41. The topological polar surface area (TPSA) is 139 Å². The molecular weight excluding hydrogens is 623 g/mol. The number of rotatable bonds is 9. The number of urea groups is 1. The lowest BCUT2D eigenvalue weighted by molar-refractivity contribution is -0.0255. The Morgan fingerprint density at radius 3 is 2.39 bits per heavy atom. The van der Waals surface area contributed by atoms with Gasteiger partial charge in [0, 0.05) is 41.0 Å². The maximum absolute atomic E-state index is 13.8. The first-order valence-electron chi connectivity index (χ1n) is 15.9. The van der Waals surface area contributed by atoms with Gasteiger partial charge in [-0.15, -0.1) is 11.3 Å². The summed E-state index contributed by atoms with van der Waals surface area (Å²) < 4.78 is 36.3. The predicted octanol–water partition coefficient (Wildman–Crippen LogP) is 7.08. The fourth-order valence-electron chi connectivity index (χ4n) is 6.45. The van der Waals surface area contributed by atoms with Crippen molar-refractivity contribution in [3.8, 4) is 10.4 Å². The van der Waals surface area contributed by atoms with Crippen LogP contribution in [0.25, 0.3) is 10.4 Å². The number of aromatic nitrogens is 1. The Hall–Kier alpha value is -3.48. The number of sulfonamides is 1. The van der Waals surface area contributed by atoms with Crippen LogP contribution in [-0.4, -0.2) is 42.7 Å². The number of amides is 3. The molecule has 10 nitrogen and oxygen atoms in total. The summed E-state index contributed by atoms with van der Waals surface area (Å²) in [5.74, 6) is 0. The van der Waals surface area contributed by atoms with Crippen molar-refractivity contribution in [2.45, 2.75) is 114 Å². The number of anilines is 1. The standard InChI is InChI=1S/C34H45N5O5S2/c1-23(2)37-31(41)44-34-15-9-14-33(16-18-34,17-19-34)29-35-22-27(45-29)26-13-12-25(20-28(26)46(42,43)39-32(3,4)5)38-30(40)36-21-24-10-7-6-8-11-24/h6-8,10-13,20,22-23,39H,9,14-19,21H2,1-5H3,(H,37,41)(H2,36,38,40). The molecule has 4 N–H and O–H groups in total. The Kier molecular flexibility index (Phi) is 9.81. The van der Waals surface area contributed by atoms with E-state index in [4.69, 9.17) is 9.72 Å². The van der Waals surface area contributed by atoms with Gasteiger partial charge >= 0.3 is 12.1 Å². The Morgan fingerprint density at radius 2 is 1.72 bits per heavy atom. The molecule has 3 aliphatic carbocycles. The molecule has 12 heteroatoms. The average molecular weight is 668 g/mol. The number of alkyl carbamates (subject to hydrolysis) is 1. The van der Waals surface area contributed by atoms with Crippen molar-refractivity contribution in [3.63, 3.8) is 0 Å². The summed E-state index contributed by atoms with van der Waals surface area (Å²) in [5, 5.41) is 9.44. The van der Waals surface area contributed by atoms with Gasteiger partial charge in [-0.25, -0.2) is 27.7 Å². The van der Waals surface area contributed by atoms with E-state index in [9.17, 15) is 18.0 Å². The summed E-state index contributed by atoms with van der Waals surface area (Å²) in [6, 6.07) is 14.1. The zero-order valence-electron chi connectivity index (χ0n) is 27.2. The Labute approximate surface area is 276 Å².